The number of benzene rings is 2. The molecule has 2 fully saturated rings. The molecule has 5 heteroatoms. The molecule has 1 saturated heterocycles. The first-order chi connectivity index (χ1) is 14.1. The lowest BCUT2D eigenvalue weighted by Crippen LogP contribution is -2.17. The van der Waals surface area contributed by atoms with Crippen molar-refractivity contribution in [3.05, 3.63) is 70.1 Å². The van der Waals surface area contributed by atoms with Crippen molar-refractivity contribution < 1.29 is 4.79 Å². The summed E-state index contributed by atoms with van der Waals surface area (Å²) in [4.78, 5) is 14.7. The van der Waals surface area contributed by atoms with Gasteiger partial charge in [-0.15, -0.1) is 0 Å². The molecule has 150 valence electrons. The smallest absolute Gasteiger partial charge is 0.263 e. The molecule has 0 radical (unpaired) electrons. The molecule has 0 atom stereocenters. The van der Waals surface area contributed by atoms with Crippen LogP contribution in [-0.2, 0) is 11.3 Å². The van der Waals surface area contributed by atoms with E-state index in [0.717, 1.165) is 23.7 Å². The zero-order chi connectivity index (χ0) is 20.2. The van der Waals surface area contributed by atoms with Crippen LogP contribution in [0.3, 0.4) is 0 Å². The van der Waals surface area contributed by atoms with Crippen molar-refractivity contribution in [2.45, 2.75) is 44.6 Å². The van der Waals surface area contributed by atoms with Crippen molar-refractivity contribution in [1.29, 1.82) is 0 Å². The summed E-state index contributed by atoms with van der Waals surface area (Å²) in [5.74, 6) is 0.643. The quantitative estimate of drug-likeness (QED) is 0.483. The third kappa shape index (κ3) is 5.09. The van der Waals surface area contributed by atoms with Crippen molar-refractivity contribution in [3.63, 3.8) is 0 Å². The number of amides is 1. The number of carbonyl (C=O) groups excluding carboxylic acids is 1. The Morgan fingerprint density at radius 1 is 1.07 bits per heavy atom. The molecule has 0 spiro atoms. The van der Waals surface area contributed by atoms with Gasteiger partial charge in [0.1, 0.15) is 4.32 Å². The van der Waals surface area contributed by atoms with Gasteiger partial charge in [0.05, 0.1) is 4.91 Å². The number of hydrogen-bond donors (Lipinski definition) is 1. The van der Waals surface area contributed by atoms with Gasteiger partial charge in [-0.1, -0.05) is 79.6 Å². The van der Waals surface area contributed by atoms with Crippen LogP contribution in [-0.4, -0.2) is 17.3 Å². The summed E-state index contributed by atoms with van der Waals surface area (Å²) in [6.45, 7) is 0.873. The number of nitrogens with one attached hydrogen (secondary N) is 1. The Balaban J connectivity index is 1.38. The number of anilines is 1. The average Bonchev–Trinajstić information content (AvgIpc) is 3.06. The summed E-state index contributed by atoms with van der Waals surface area (Å²) >= 11 is 6.35. The normalized spacial score (nSPS) is 18.9. The predicted molar refractivity (Wildman–Crippen MR) is 127 cm³/mol. The zero-order valence-electron chi connectivity index (χ0n) is 16.7. The minimum Gasteiger partial charge on any atom is -0.370 e. The van der Waals surface area contributed by atoms with Gasteiger partial charge in [-0.2, -0.15) is 0 Å². The minimum absolute atomic E-state index is 0.113. The molecule has 0 aromatic heterocycles. The van der Waals surface area contributed by atoms with E-state index in [2.05, 4.69) is 53.7 Å². The first-order valence-corrected chi connectivity index (χ1v) is 11.5. The van der Waals surface area contributed by atoms with Gasteiger partial charge in [0.25, 0.3) is 5.91 Å². The maximum absolute atomic E-state index is 11.8. The molecule has 2 aromatic carbocycles. The average molecular weight is 423 g/mol. The highest BCUT2D eigenvalue weighted by Gasteiger charge is 2.21. The van der Waals surface area contributed by atoms with Gasteiger partial charge in [0.15, 0.2) is 0 Å². The second-order valence-corrected chi connectivity index (χ2v) is 9.60. The predicted octanol–water partition coefficient (Wildman–Crippen LogP) is 5.86. The highest BCUT2D eigenvalue weighted by Crippen LogP contribution is 2.32. The SMILES string of the molecule is CN(Cc1ccc(C2CCCCC2)cc1)c1ccc(/C=C2\SC(=S)NC2=O)cc1. The molecule has 1 N–H and O–H groups in total. The molecule has 1 aliphatic carbocycles. The van der Waals surface area contributed by atoms with Gasteiger partial charge in [0, 0.05) is 19.3 Å². The van der Waals surface area contributed by atoms with E-state index in [1.807, 2.05) is 18.2 Å². The van der Waals surface area contributed by atoms with E-state index in [9.17, 15) is 4.79 Å². The Labute approximate surface area is 182 Å². The summed E-state index contributed by atoms with van der Waals surface area (Å²) in [5.41, 5.74) is 4.98. The van der Waals surface area contributed by atoms with E-state index >= 15 is 0 Å². The van der Waals surface area contributed by atoms with Gasteiger partial charge in [-0.3, -0.25) is 4.79 Å². The van der Waals surface area contributed by atoms with Gasteiger partial charge < -0.3 is 10.2 Å². The van der Waals surface area contributed by atoms with Gasteiger partial charge in [0.2, 0.25) is 0 Å². The summed E-state index contributed by atoms with van der Waals surface area (Å²) in [6.07, 6.45) is 8.71. The molecular weight excluding hydrogens is 396 g/mol. The Kier molecular flexibility index (Phi) is 6.36. The topological polar surface area (TPSA) is 32.3 Å². The van der Waals surface area contributed by atoms with Gasteiger partial charge in [-0.05, 0) is 53.7 Å². The van der Waals surface area contributed by atoms with Crippen molar-refractivity contribution in [2.75, 3.05) is 11.9 Å². The molecule has 1 saturated carbocycles. The highest BCUT2D eigenvalue weighted by atomic mass is 32.2. The van der Waals surface area contributed by atoms with Crippen LogP contribution in [0.5, 0.6) is 0 Å². The number of thioether (sulfide) groups is 1. The number of hydrogen-bond acceptors (Lipinski definition) is 4. The van der Waals surface area contributed by atoms with E-state index in [0.29, 0.717) is 9.23 Å². The molecule has 1 aliphatic heterocycles. The lowest BCUT2D eigenvalue weighted by Gasteiger charge is -2.23. The fraction of sp³-hybridized carbons (Fsp3) is 0.333. The molecule has 0 unspecified atom stereocenters. The highest BCUT2D eigenvalue weighted by molar-refractivity contribution is 8.26. The third-order valence-electron chi connectivity index (χ3n) is 5.75. The van der Waals surface area contributed by atoms with Gasteiger partial charge >= 0.3 is 0 Å². The maximum Gasteiger partial charge on any atom is 0.263 e. The van der Waals surface area contributed by atoms with Crippen LogP contribution in [0.25, 0.3) is 6.08 Å². The van der Waals surface area contributed by atoms with Crippen LogP contribution in [0.1, 0.15) is 54.7 Å². The lowest BCUT2D eigenvalue weighted by atomic mass is 9.84. The van der Waals surface area contributed by atoms with Crippen LogP contribution in [0, 0.1) is 0 Å². The standard InChI is InChI=1S/C24H26N2OS2/c1-26(16-18-7-11-20(12-8-18)19-5-3-2-4-6-19)21-13-9-17(10-14-21)15-22-23(27)25-24(28)29-22/h7-15,19H,2-6,16H2,1H3,(H,25,27,28)/b22-15-. The molecule has 1 heterocycles. The van der Waals surface area contributed by atoms with Crippen LogP contribution in [0.15, 0.2) is 53.4 Å². The molecule has 4 rings (SSSR count). The number of thiocarbonyl (C=S) groups is 1. The van der Waals surface area contributed by atoms with E-state index in [1.54, 1.807) is 0 Å². The Hall–Kier alpha value is -2.11. The summed E-state index contributed by atoms with van der Waals surface area (Å²) in [6, 6.07) is 17.5. The first kappa shape index (κ1) is 20.2. The van der Waals surface area contributed by atoms with Crippen LogP contribution >= 0.6 is 24.0 Å². The summed E-state index contributed by atoms with van der Waals surface area (Å²) in [5, 5.41) is 2.65. The Morgan fingerprint density at radius 3 is 2.38 bits per heavy atom. The number of carbonyl (C=O) groups is 1. The second-order valence-electron chi connectivity index (χ2n) is 7.88. The second kappa shape index (κ2) is 9.14. The van der Waals surface area contributed by atoms with Crippen LogP contribution in [0.4, 0.5) is 5.69 Å². The summed E-state index contributed by atoms with van der Waals surface area (Å²) in [7, 11) is 2.11. The van der Waals surface area contributed by atoms with Crippen LogP contribution < -0.4 is 10.2 Å². The zero-order valence-corrected chi connectivity index (χ0v) is 18.3. The van der Waals surface area contributed by atoms with Crippen molar-refractivity contribution in [2.24, 2.45) is 0 Å². The van der Waals surface area contributed by atoms with E-state index in [1.165, 1.54) is 55.0 Å². The van der Waals surface area contributed by atoms with Crippen molar-refractivity contribution in [3.8, 4) is 0 Å². The Bertz CT molecular complexity index is 913. The maximum atomic E-state index is 11.8. The first-order valence-electron chi connectivity index (χ1n) is 10.2. The molecule has 0 bridgehead atoms. The molecule has 3 nitrogen and oxygen atoms in total. The molecule has 29 heavy (non-hydrogen) atoms. The summed E-state index contributed by atoms with van der Waals surface area (Å²) < 4.78 is 0.520. The third-order valence-corrected chi connectivity index (χ3v) is 6.91. The molecule has 2 aromatic rings. The monoisotopic (exact) mass is 422 g/mol. The van der Waals surface area contributed by atoms with Crippen molar-refractivity contribution >= 4 is 46.0 Å². The number of nitrogens with zero attached hydrogens (tertiary/aromatic N) is 1. The van der Waals surface area contributed by atoms with Gasteiger partial charge in [-0.25, -0.2) is 0 Å². The fourth-order valence-electron chi connectivity index (χ4n) is 4.09. The molecule has 1 amide bonds. The molecule has 2 aliphatic rings. The minimum atomic E-state index is -0.113. The fourth-order valence-corrected chi connectivity index (χ4v) is 5.14. The van der Waals surface area contributed by atoms with E-state index in [-0.39, 0.29) is 5.91 Å². The van der Waals surface area contributed by atoms with Crippen molar-refractivity contribution in [1.82, 2.24) is 5.32 Å². The largest absolute Gasteiger partial charge is 0.370 e. The van der Waals surface area contributed by atoms with E-state index < -0.39 is 0 Å². The lowest BCUT2D eigenvalue weighted by molar-refractivity contribution is -0.115. The number of rotatable bonds is 5. The Morgan fingerprint density at radius 2 is 1.76 bits per heavy atom. The van der Waals surface area contributed by atoms with E-state index in [4.69, 9.17) is 12.2 Å². The molecular formula is C24H26N2OS2. The van der Waals surface area contributed by atoms with Crippen LogP contribution in [0.2, 0.25) is 0 Å².